The molecule has 1 aliphatic heterocycles. The Bertz CT molecular complexity index is 500. The smallest absolute Gasteiger partial charge is 0.357 e. The van der Waals surface area contributed by atoms with Crippen molar-refractivity contribution >= 4 is 29.1 Å². The van der Waals surface area contributed by atoms with Gasteiger partial charge in [-0.1, -0.05) is 6.08 Å². The van der Waals surface area contributed by atoms with Crippen LogP contribution in [0, 0.1) is 0 Å². The van der Waals surface area contributed by atoms with E-state index in [1.54, 1.807) is 25.2 Å². The third kappa shape index (κ3) is 2.36. The lowest BCUT2D eigenvalue weighted by molar-refractivity contribution is -0.138. The quantitative estimate of drug-likeness (QED) is 0.553. The highest BCUT2D eigenvalue weighted by molar-refractivity contribution is 6.35. The van der Waals surface area contributed by atoms with Gasteiger partial charge in [0.15, 0.2) is 11.5 Å². The molecule has 1 atom stereocenters. The molecule has 0 aromatic carbocycles. The molecule has 0 radical (unpaired) electrons. The number of aliphatic imine (C=N–C) groups is 1. The van der Waals surface area contributed by atoms with E-state index in [2.05, 4.69) is 4.99 Å². The summed E-state index contributed by atoms with van der Waals surface area (Å²) < 4.78 is 4.79. The Hall–Kier alpha value is -1.68. The zero-order valence-corrected chi connectivity index (χ0v) is 9.90. The molecule has 1 heterocycles. The lowest BCUT2D eigenvalue weighted by Gasteiger charge is -2.16. The van der Waals surface area contributed by atoms with Gasteiger partial charge < -0.3 is 4.74 Å². The fourth-order valence-corrected chi connectivity index (χ4v) is 1.75. The second kappa shape index (κ2) is 4.67. The monoisotopic (exact) mass is 251 g/mol. The van der Waals surface area contributed by atoms with Gasteiger partial charge in [-0.2, -0.15) is 0 Å². The predicted molar refractivity (Wildman–Crippen MR) is 64.0 cm³/mol. The van der Waals surface area contributed by atoms with Gasteiger partial charge in [0.2, 0.25) is 0 Å². The maximum absolute atomic E-state index is 11.8. The van der Waals surface area contributed by atoms with Crippen molar-refractivity contribution in [3.63, 3.8) is 0 Å². The molecule has 2 rings (SSSR count). The summed E-state index contributed by atoms with van der Waals surface area (Å²) in [7, 11) is 0. The Morgan fingerprint density at radius 1 is 1.59 bits per heavy atom. The normalized spacial score (nSPS) is 22.4. The van der Waals surface area contributed by atoms with Crippen LogP contribution in [0.3, 0.4) is 0 Å². The number of ether oxygens (including phenoxy) is 1. The van der Waals surface area contributed by atoms with Gasteiger partial charge in [-0.3, -0.25) is 4.79 Å². The van der Waals surface area contributed by atoms with Crippen LogP contribution in [0.15, 0.2) is 40.6 Å². The Labute approximate surface area is 103 Å². The highest BCUT2D eigenvalue weighted by Crippen LogP contribution is 2.21. The number of rotatable bonds is 2. The van der Waals surface area contributed by atoms with Crippen LogP contribution < -0.4 is 0 Å². The Kier molecular flexibility index (Phi) is 3.24. The minimum absolute atomic E-state index is 0.0293. The molecule has 88 valence electrons. The molecule has 0 N–H and O–H groups in total. The Morgan fingerprint density at radius 3 is 3.06 bits per heavy atom. The molecule has 0 amide bonds. The maximum atomic E-state index is 11.8. The number of hydrogen-bond acceptors (Lipinski definition) is 4. The fourth-order valence-electron chi connectivity index (χ4n) is 1.55. The number of carbonyl (C=O) groups is 2. The molecule has 0 bridgehead atoms. The van der Waals surface area contributed by atoms with Crippen LogP contribution in [0.2, 0.25) is 0 Å². The second-order valence-electron chi connectivity index (χ2n) is 3.50. The first-order chi connectivity index (χ1) is 8.11. The van der Waals surface area contributed by atoms with Crippen molar-refractivity contribution < 1.29 is 14.3 Å². The molecule has 0 saturated carbocycles. The molecule has 0 aromatic heterocycles. The molecule has 17 heavy (non-hydrogen) atoms. The van der Waals surface area contributed by atoms with E-state index in [4.69, 9.17) is 16.3 Å². The van der Waals surface area contributed by atoms with E-state index in [0.717, 1.165) is 0 Å². The van der Waals surface area contributed by atoms with Gasteiger partial charge in [0, 0.05) is 11.6 Å². The zero-order chi connectivity index (χ0) is 12.4. The van der Waals surface area contributed by atoms with Crippen molar-refractivity contribution in [2.24, 2.45) is 4.99 Å². The number of ketones is 1. The standard InChI is InChI=1S/C12H10ClNO3/c1-2-17-12(16)10-6-11(15)8-5-7(13)3-4-9(8)14-10/h3-7H,2H2,1H3. The van der Waals surface area contributed by atoms with Crippen LogP contribution in [0.5, 0.6) is 0 Å². The Morgan fingerprint density at radius 2 is 2.35 bits per heavy atom. The first-order valence-corrected chi connectivity index (χ1v) is 5.61. The van der Waals surface area contributed by atoms with Gasteiger partial charge in [0.25, 0.3) is 0 Å². The molecule has 5 heteroatoms. The molecule has 0 aromatic rings. The second-order valence-corrected chi connectivity index (χ2v) is 4.00. The molecule has 4 nitrogen and oxygen atoms in total. The average Bonchev–Trinajstić information content (AvgIpc) is 2.30. The minimum Gasteiger partial charge on any atom is -0.461 e. The van der Waals surface area contributed by atoms with E-state index < -0.39 is 5.97 Å². The van der Waals surface area contributed by atoms with Crippen LogP contribution in [-0.2, 0) is 14.3 Å². The summed E-state index contributed by atoms with van der Waals surface area (Å²) in [5.74, 6) is -0.859. The van der Waals surface area contributed by atoms with E-state index >= 15 is 0 Å². The number of fused-ring (bicyclic) bond motifs is 1. The van der Waals surface area contributed by atoms with Crippen LogP contribution in [0.4, 0.5) is 0 Å². The van der Waals surface area contributed by atoms with Gasteiger partial charge in [-0.15, -0.1) is 11.6 Å². The van der Waals surface area contributed by atoms with E-state index in [1.165, 1.54) is 6.08 Å². The van der Waals surface area contributed by atoms with Crippen LogP contribution in [0.1, 0.15) is 6.92 Å². The number of esters is 1. The third-order valence-electron chi connectivity index (χ3n) is 2.30. The van der Waals surface area contributed by atoms with E-state index in [1.807, 2.05) is 0 Å². The van der Waals surface area contributed by atoms with E-state index in [-0.39, 0.29) is 23.5 Å². The molecular formula is C12H10ClNO3. The minimum atomic E-state index is -0.589. The average molecular weight is 252 g/mol. The number of alkyl halides is 1. The summed E-state index contributed by atoms with van der Waals surface area (Å²) in [5.41, 5.74) is 0.916. The zero-order valence-electron chi connectivity index (χ0n) is 9.14. The number of nitrogens with zero attached hydrogens (tertiary/aromatic N) is 1. The molecule has 0 fully saturated rings. The predicted octanol–water partition coefficient (Wildman–Crippen LogP) is 1.56. The first-order valence-electron chi connectivity index (χ1n) is 5.18. The summed E-state index contributed by atoms with van der Waals surface area (Å²) in [6, 6.07) is 0. The van der Waals surface area contributed by atoms with E-state index in [9.17, 15) is 9.59 Å². The molecule has 0 spiro atoms. The van der Waals surface area contributed by atoms with Gasteiger partial charge in [0.05, 0.1) is 17.7 Å². The number of hydrogen-bond donors (Lipinski definition) is 0. The SMILES string of the molecule is CCOC(=O)C1=CC(=O)C2=CC(Cl)C=CC2=N1. The van der Waals surface area contributed by atoms with Crippen LogP contribution in [-0.4, -0.2) is 29.4 Å². The first kappa shape index (κ1) is 11.8. The molecule has 1 aliphatic carbocycles. The van der Waals surface area contributed by atoms with Crippen molar-refractivity contribution in [1.82, 2.24) is 0 Å². The van der Waals surface area contributed by atoms with Crippen molar-refractivity contribution in [1.29, 1.82) is 0 Å². The largest absolute Gasteiger partial charge is 0.461 e. The summed E-state index contributed by atoms with van der Waals surface area (Å²) >= 11 is 5.87. The highest BCUT2D eigenvalue weighted by atomic mass is 35.5. The number of allylic oxidation sites excluding steroid dienone is 5. The van der Waals surface area contributed by atoms with Crippen molar-refractivity contribution in [2.45, 2.75) is 12.3 Å². The molecular weight excluding hydrogens is 242 g/mol. The van der Waals surface area contributed by atoms with Crippen molar-refractivity contribution in [3.05, 3.63) is 35.6 Å². The summed E-state index contributed by atoms with van der Waals surface area (Å²) in [4.78, 5) is 27.3. The molecule has 0 saturated heterocycles. The summed E-state index contributed by atoms with van der Waals surface area (Å²) in [6.45, 7) is 1.94. The maximum Gasteiger partial charge on any atom is 0.357 e. The molecule has 1 unspecified atom stereocenters. The van der Waals surface area contributed by atoms with Crippen LogP contribution >= 0.6 is 11.6 Å². The lowest BCUT2D eigenvalue weighted by atomic mass is 9.96. The summed E-state index contributed by atoms with van der Waals surface area (Å²) in [5, 5.41) is -0.314. The Balaban J connectivity index is 2.32. The third-order valence-corrected chi connectivity index (χ3v) is 2.57. The van der Waals surface area contributed by atoms with Crippen molar-refractivity contribution in [2.75, 3.05) is 6.61 Å². The number of halogens is 1. The van der Waals surface area contributed by atoms with Gasteiger partial charge >= 0.3 is 5.97 Å². The highest BCUT2D eigenvalue weighted by Gasteiger charge is 2.25. The number of carbonyl (C=O) groups excluding carboxylic acids is 2. The summed E-state index contributed by atoms with van der Waals surface area (Å²) in [6.07, 6.45) is 6.12. The topological polar surface area (TPSA) is 55.7 Å². The van der Waals surface area contributed by atoms with Crippen molar-refractivity contribution in [3.8, 4) is 0 Å². The fraction of sp³-hybridized carbons (Fsp3) is 0.250. The van der Waals surface area contributed by atoms with Gasteiger partial charge in [0.1, 0.15) is 0 Å². The van der Waals surface area contributed by atoms with Crippen LogP contribution in [0.25, 0.3) is 0 Å². The van der Waals surface area contributed by atoms with Gasteiger partial charge in [-0.25, -0.2) is 9.79 Å². The van der Waals surface area contributed by atoms with Gasteiger partial charge in [-0.05, 0) is 19.1 Å². The molecule has 2 aliphatic rings. The lowest BCUT2D eigenvalue weighted by Crippen LogP contribution is -2.21. The van der Waals surface area contributed by atoms with E-state index in [0.29, 0.717) is 11.3 Å².